The van der Waals surface area contributed by atoms with Crippen LogP contribution in [-0.4, -0.2) is 44.5 Å². The number of aryl methyl sites for hydroxylation is 3. The molecule has 1 saturated carbocycles. The number of aliphatic hydroxyl groups is 1. The Bertz CT molecular complexity index is 822. The SMILES string of the molecule is Cc1cc(C)c2c(OCC(=O)NC[C@@](C)(O)C3CCCCC3)nn(C)c2n1. The third-order valence-corrected chi connectivity index (χ3v) is 5.55. The molecule has 2 aromatic heterocycles. The monoisotopic (exact) mass is 374 g/mol. The molecule has 0 aliphatic heterocycles. The minimum absolute atomic E-state index is 0.139. The number of hydrogen-bond acceptors (Lipinski definition) is 5. The smallest absolute Gasteiger partial charge is 0.258 e. The highest BCUT2D eigenvalue weighted by Crippen LogP contribution is 2.32. The predicted molar refractivity (Wildman–Crippen MR) is 104 cm³/mol. The average molecular weight is 374 g/mol. The maximum absolute atomic E-state index is 12.2. The highest BCUT2D eigenvalue weighted by atomic mass is 16.5. The minimum Gasteiger partial charge on any atom is -0.466 e. The number of nitrogens with zero attached hydrogens (tertiary/aromatic N) is 3. The van der Waals surface area contributed by atoms with Crippen LogP contribution in [0.4, 0.5) is 0 Å². The summed E-state index contributed by atoms with van der Waals surface area (Å²) in [6, 6.07) is 1.97. The molecule has 2 aromatic rings. The third-order valence-electron chi connectivity index (χ3n) is 5.55. The van der Waals surface area contributed by atoms with Gasteiger partial charge >= 0.3 is 0 Å². The fourth-order valence-corrected chi connectivity index (χ4v) is 3.98. The maximum Gasteiger partial charge on any atom is 0.258 e. The Morgan fingerprint density at radius 1 is 1.37 bits per heavy atom. The molecule has 148 valence electrons. The van der Waals surface area contributed by atoms with E-state index in [1.807, 2.05) is 33.9 Å². The van der Waals surface area contributed by atoms with Crippen molar-refractivity contribution >= 4 is 16.9 Å². The third kappa shape index (κ3) is 4.40. The van der Waals surface area contributed by atoms with Crippen LogP contribution in [0.25, 0.3) is 11.0 Å². The van der Waals surface area contributed by atoms with E-state index in [1.165, 1.54) is 6.42 Å². The second-order valence-electron chi connectivity index (χ2n) is 7.97. The summed E-state index contributed by atoms with van der Waals surface area (Å²) in [5.41, 5.74) is 1.79. The summed E-state index contributed by atoms with van der Waals surface area (Å²) in [6.07, 6.45) is 5.57. The number of rotatable bonds is 6. The first-order valence-electron chi connectivity index (χ1n) is 9.71. The van der Waals surface area contributed by atoms with Gasteiger partial charge in [-0.3, -0.25) is 4.79 Å². The van der Waals surface area contributed by atoms with Crippen LogP contribution < -0.4 is 10.1 Å². The van der Waals surface area contributed by atoms with Crippen LogP contribution >= 0.6 is 0 Å². The molecule has 7 nitrogen and oxygen atoms in total. The van der Waals surface area contributed by atoms with E-state index >= 15 is 0 Å². The van der Waals surface area contributed by atoms with Crippen molar-refractivity contribution in [2.24, 2.45) is 13.0 Å². The van der Waals surface area contributed by atoms with Crippen molar-refractivity contribution in [1.29, 1.82) is 0 Å². The summed E-state index contributed by atoms with van der Waals surface area (Å²) >= 11 is 0. The van der Waals surface area contributed by atoms with Crippen LogP contribution in [-0.2, 0) is 11.8 Å². The number of carbonyl (C=O) groups is 1. The van der Waals surface area contributed by atoms with Crippen LogP contribution in [0.5, 0.6) is 5.88 Å². The van der Waals surface area contributed by atoms with Crippen LogP contribution in [0.15, 0.2) is 6.07 Å². The van der Waals surface area contributed by atoms with Crippen molar-refractivity contribution in [3.05, 3.63) is 17.3 Å². The van der Waals surface area contributed by atoms with E-state index in [4.69, 9.17) is 4.74 Å². The molecule has 2 heterocycles. The molecule has 2 N–H and O–H groups in total. The lowest BCUT2D eigenvalue weighted by atomic mass is 9.78. The molecule has 27 heavy (non-hydrogen) atoms. The van der Waals surface area contributed by atoms with Gasteiger partial charge in [-0.15, -0.1) is 5.10 Å². The molecular formula is C20H30N4O3. The maximum atomic E-state index is 12.2. The molecule has 1 atom stereocenters. The highest BCUT2D eigenvalue weighted by Gasteiger charge is 2.33. The van der Waals surface area contributed by atoms with Gasteiger partial charge in [0, 0.05) is 19.3 Å². The van der Waals surface area contributed by atoms with E-state index in [9.17, 15) is 9.90 Å². The summed E-state index contributed by atoms with van der Waals surface area (Å²) in [5.74, 6) is 0.387. The molecule has 1 aliphatic rings. The molecule has 0 aromatic carbocycles. The van der Waals surface area contributed by atoms with E-state index in [2.05, 4.69) is 15.4 Å². The van der Waals surface area contributed by atoms with Gasteiger partial charge in [-0.05, 0) is 51.2 Å². The van der Waals surface area contributed by atoms with Crippen LogP contribution in [0.1, 0.15) is 50.3 Å². The van der Waals surface area contributed by atoms with Crippen molar-refractivity contribution < 1.29 is 14.6 Å². The number of amides is 1. The molecule has 0 unspecified atom stereocenters. The first kappa shape index (κ1) is 19.6. The first-order chi connectivity index (χ1) is 12.8. The zero-order valence-electron chi connectivity index (χ0n) is 16.7. The Kier molecular flexibility index (Phi) is 5.69. The molecule has 1 aliphatic carbocycles. The van der Waals surface area contributed by atoms with Crippen molar-refractivity contribution in [2.45, 2.75) is 58.5 Å². The molecule has 0 spiro atoms. The van der Waals surface area contributed by atoms with Crippen molar-refractivity contribution in [3.8, 4) is 5.88 Å². The fraction of sp³-hybridized carbons (Fsp3) is 0.650. The number of nitrogens with one attached hydrogen (secondary N) is 1. The largest absolute Gasteiger partial charge is 0.466 e. The fourth-order valence-electron chi connectivity index (χ4n) is 3.98. The van der Waals surface area contributed by atoms with E-state index in [1.54, 1.807) is 4.68 Å². The molecule has 3 rings (SSSR count). The van der Waals surface area contributed by atoms with Gasteiger partial charge in [0.2, 0.25) is 5.88 Å². The number of aromatic nitrogens is 3. The number of fused-ring (bicyclic) bond motifs is 1. The first-order valence-corrected chi connectivity index (χ1v) is 9.71. The summed E-state index contributed by atoms with van der Waals surface area (Å²) in [5, 5.41) is 18.7. The number of hydrogen-bond donors (Lipinski definition) is 2. The van der Waals surface area contributed by atoms with Crippen LogP contribution in [0.3, 0.4) is 0 Å². The highest BCUT2D eigenvalue weighted by molar-refractivity contribution is 5.85. The molecule has 1 fully saturated rings. The van der Waals surface area contributed by atoms with Crippen LogP contribution in [0, 0.1) is 19.8 Å². The molecule has 0 bridgehead atoms. The number of pyridine rings is 1. The minimum atomic E-state index is -0.883. The summed E-state index contributed by atoms with van der Waals surface area (Å²) < 4.78 is 7.33. The average Bonchev–Trinajstić information content (AvgIpc) is 2.95. The van der Waals surface area contributed by atoms with Crippen LogP contribution in [0.2, 0.25) is 0 Å². The lowest BCUT2D eigenvalue weighted by Crippen LogP contribution is -2.47. The summed E-state index contributed by atoms with van der Waals surface area (Å²) in [4.78, 5) is 16.7. The van der Waals surface area contributed by atoms with Gasteiger partial charge in [-0.25, -0.2) is 9.67 Å². The Balaban J connectivity index is 1.59. The van der Waals surface area contributed by atoms with Gasteiger partial charge < -0.3 is 15.2 Å². The summed E-state index contributed by atoms with van der Waals surface area (Å²) in [6.45, 7) is 5.83. The lowest BCUT2D eigenvalue weighted by Gasteiger charge is -2.35. The lowest BCUT2D eigenvalue weighted by molar-refractivity contribution is -0.125. The Morgan fingerprint density at radius 2 is 2.07 bits per heavy atom. The zero-order valence-corrected chi connectivity index (χ0v) is 16.7. The summed E-state index contributed by atoms with van der Waals surface area (Å²) in [7, 11) is 1.81. The second kappa shape index (κ2) is 7.84. The van der Waals surface area contributed by atoms with Gasteiger partial charge in [0.1, 0.15) is 0 Å². The standard InChI is InChI=1S/C20H30N4O3/c1-13-10-14(2)22-18-17(13)19(23-24(18)4)27-11-16(25)21-12-20(3,26)15-8-6-5-7-9-15/h10,15,26H,5-9,11-12H2,1-4H3,(H,21,25)/t20-/m1/s1. The molecule has 0 saturated heterocycles. The Hall–Kier alpha value is -2.15. The Morgan fingerprint density at radius 3 is 2.78 bits per heavy atom. The number of ether oxygens (including phenoxy) is 1. The second-order valence-corrected chi connectivity index (χ2v) is 7.97. The van der Waals surface area contributed by atoms with E-state index in [-0.39, 0.29) is 25.0 Å². The Labute approximate surface area is 160 Å². The van der Waals surface area contributed by atoms with Crippen molar-refractivity contribution in [2.75, 3.05) is 13.2 Å². The topological polar surface area (TPSA) is 89.3 Å². The number of carbonyl (C=O) groups excluding carboxylic acids is 1. The van der Waals surface area contributed by atoms with Crippen molar-refractivity contribution in [3.63, 3.8) is 0 Å². The zero-order chi connectivity index (χ0) is 19.6. The van der Waals surface area contributed by atoms with Crippen molar-refractivity contribution in [1.82, 2.24) is 20.1 Å². The predicted octanol–water partition coefficient (Wildman–Crippen LogP) is 2.41. The van der Waals surface area contributed by atoms with E-state index in [0.29, 0.717) is 5.88 Å². The normalized spacial score (nSPS) is 17.7. The quantitative estimate of drug-likeness (QED) is 0.810. The molecule has 1 amide bonds. The van der Waals surface area contributed by atoms with Gasteiger partial charge in [0.15, 0.2) is 12.3 Å². The van der Waals surface area contributed by atoms with Gasteiger partial charge in [-0.1, -0.05) is 19.3 Å². The molecular weight excluding hydrogens is 344 g/mol. The molecule has 0 radical (unpaired) electrons. The van der Waals surface area contributed by atoms with Gasteiger partial charge in [0.25, 0.3) is 5.91 Å². The van der Waals surface area contributed by atoms with Gasteiger partial charge in [-0.2, -0.15) is 0 Å². The van der Waals surface area contributed by atoms with Gasteiger partial charge in [0.05, 0.1) is 11.0 Å². The van der Waals surface area contributed by atoms with E-state index < -0.39 is 5.60 Å². The molecule has 7 heteroatoms. The van der Waals surface area contributed by atoms with E-state index in [0.717, 1.165) is 48.0 Å².